The van der Waals surface area contributed by atoms with Gasteiger partial charge in [-0.05, 0) is 12.5 Å². The quantitative estimate of drug-likeness (QED) is 0.768. The van der Waals surface area contributed by atoms with Crippen LogP contribution in [-0.4, -0.2) is 12.5 Å². The molecular weight excluding hydrogens is 190 g/mol. The van der Waals surface area contributed by atoms with E-state index in [1.54, 1.807) is 0 Å². The minimum Gasteiger partial charge on any atom is -0.273 e. The number of nitrogens with one attached hydrogen (secondary N) is 1. The smallest absolute Gasteiger partial charge is 0.240 e. The zero-order chi connectivity index (χ0) is 11.3. The summed E-state index contributed by atoms with van der Waals surface area (Å²) in [5.41, 5.74) is 4.78. The van der Waals surface area contributed by atoms with Crippen molar-refractivity contribution in [3.8, 4) is 0 Å². The minimum absolute atomic E-state index is 0.175. The van der Waals surface area contributed by atoms with Gasteiger partial charge >= 0.3 is 0 Å². The standard InChI is InChI=1S/C12H17NO2/c1-9-4-6-12(7-5-9)10(2)8-15-13-11(3)14/h4-7,10H,8H2,1-3H3,(H,13,14)/t10-/m0/s1. The van der Waals surface area contributed by atoms with Gasteiger partial charge in [0.05, 0.1) is 6.61 Å². The molecule has 0 aliphatic rings. The van der Waals surface area contributed by atoms with E-state index in [0.29, 0.717) is 6.61 Å². The zero-order valence-electron chi connectivity index (χ0n) is 9.41. The van der Waals surface area contributed by atoms with Gasteiger partial charge in [0.1, 0.15) is 0 Å². The van der Waals surface area contributed by atoms with Crippen LogP contribution in [0.2, 0.25) is 0 Å². The molecule has 0 saturated carbocycles. The number of aryl methyl sites for hydroxylation is 1. The van der Waals surface area contributed by atoms with Crippen molar-refractivity contribution < 1.29 is 9.63 Å². The maximum atomic E-state index is 10.6. The molecule has 0 bridgehead atoms. The number of hydroxylamine groups is 1. The highest BCUT2D eigenvalue weighted by Crippen LogP contribution is 2.15. The SMILES string of the molecule is CC(=O)NOC[C@H](C)c1ccc(C)cc1. The summed E-state index contributed by atoms with van der Waals surface area (Å²) in [5, 5.41) is 0. The molecule has 1 N–H and O–H groups in total. The zero-order valence-corrected chi connectivity index (χ0v) is 9.41. The van der Waals surface area contributed by atoms with Crippen LogP contribution in [0.15, 0.2) is 24.3 Å². The highest BCUT2D eigenvalue weighted by Gasteiger charge is 2.05. The van der Waals surface area contributed by atoms with Crippen LogP contribution in [0.4, 0.5) is 0 Å². The fourth-order valence-corrected chi connectivity index (χ4v) is 1.26. The first-order valence-electron chi connectivity index (χ1n) is 5.04. The number of carbonyl (C=O) groups excluding carboxylic acids is 1. The summed E-state index contributed by atoms with van der Waals surface area (Å²) < 4.78 is 0. The Balaban J connectivity index is 2.43. The number of hydrogen-bond donors (Lipinski definition) is 1. The normalized spacial score (nSPS) is 12.2. The van der Waals surface area contributed by atoms with E-state index < -0.39 is 0 Å². The van der Waals surface area contributed by atoms with E-state index in [1.165, 1.54) is 18.1 Å². The van der Waals surface area contributed by atoms with E-state index >= 15 is 0 Å². The number of hydrogen-bond acceptors (Lipinski definition) is 2. The van der Waals surface area contributed by atoms with Crippen LogP contribution in [0.1, 0.15) is 30.9 Å². The Kier molecular flexibility index (Phi) is 4.31. The van der Waals surface area contributed by atoms with Crippen LogP contribution in [0, 0.1) is 6.92 Å². The third kappa shape index (κ3) is 4.13. The molecule has 15 heavy (non-hydrogen) atoms. The van der Waals surface area contributed by atoms with Gasteiger partial charge in [-0.3, -0.25) is 9.63 Å². The summed E-state index contributed by atoms with van der Waals surface area (Å²) in [6.07, 6.45) is 0. The summed E-state index contributed by atoms with van der Waals surface area (Å²) in [5.74, 6) is 0.101. The van der Waals surface area contributed by atoms with Gasteiger partial charge in [0.15, 0.2) is 0 Å². The van der Waals surface area contributed by atoms with Crippen molar-refractivity contribution in [2.45, 2.75) is 26.7 Å². The van der Waals surface area contributed by atoms with Crippen molar-refractivity contribution in [3.63, 3.8) is 0 Å². The lowest BCUT2D eigenvalue weighted by atomic mass is 10.0. The van der Waals surface area contributed by atoms with Crippen molar-refractivity contribution in [1.29, 1.82) is 0 Å². The predicted octanol–water partition coefficient (Wildman–Crippen LogP) is 2.17. The summed E-state index contributed by atoms with van der Waals surface area (Å²) in [7, 11) is 0. The minimum atomic E-state index is -0.175. The number of amides is 1. The molecule has 3 heteroatoms. The summed E-state index contributed by atoms with van der Waals surface area (Å²) >= 11 is 0. The molecule has 1 aromatic carbocycles. The van der Waals surface area contributed by atoms with Gasteiger partial charge in [-0.1, -0.05) is 36.8 Å². The largest absolute Gasteiger partial charge is 0.273 e. The molecule has 1 atom stereocenters. The van der Waals surface area contributed by atoms with Crippen LogP contribution < -0.4 is 5.48 Å². The Morgan fingerprint density at radius 1 is 1.40 bits per heavy atom. The average Bonchev–Trinajstić information content (AvgIpc) is 2.18. The summed E-state index contributed by atoms with van der Waals surface area (Å²) in [6.45, 7) is 6.04. The van der Waals surface area contributed by atoms with Crippen LogP contribution in [0.5, 0.6) is 0 Å². The third-order valence-electron chi connectivity index (χ3n) is 2.20. The molecule has 0 aliphatic heterocycles. The van der Waals surface area contributed by atoms with E-state index in [-0.39, 0.29) is 11.8 Å². The van der Waals surface area contributed by atoms with Crippen molar-refractivity contribution in [2.24, 2.45) is 0 Å². The average molecular weight is 207 g/mol. The van der Waals surface area contributed by atoms with E-state index in [9.17, 15) is 4.79 Å². The first kappa shape index (κ1) is 11.7. The van der Waals surface area contributed by atoms with Crippen molar-refractivity contribution >= 4 is 5.91 Å². The van der Waals surface area contributed by atoms with Crippen LogP contribution in [0.3, 0.4) is 0 Å². The topological polar surface area (TPSA) is 38.3 Å². The van der Waals surface area contributed by atoms with Gasteiger partial charge < -0.3 is 0 Å². The Morgan fingerprint density at radius 3 is 2.53 bits per heavy atom. The Hall–Kier alpha value is -1.35. The Labute approximate surface area is 90.4 Å². The molecular formula is C12H17NO2. The van der Waals surface area contributed by atoms with Crippen LogP contribution in [-0.2, 0) is 9.63 Å². The molecule has 0 radical (unpaired) electrons. The van der Waals surface area contributed by atoms with Gasteiger partial charge in [-0.2, -0.15) is 0 Å². The third-order valence-corrected chi connectivity index (χ3v) is 2.20. The first-order valence-corrected chi connectivity index (χ1v) is 5.04. The monoisotopic (exact) mass is 207 g/mol. The van der Waals surface area contributed by atoms with E-state index in [4.69, 9.17) is 4.84 Å². The summed E-state index contributed by atoms with van der Waals surface area (Å²) in [4.78, 5) is 15.6. The highest BCUT2D eigenvalue weighted by molar-refractivity contribution is 5.71. The molecule has 0 aromatic heterocycles. The molecule has 3 nitrogen and oxygen atoms in total. The lowest BCUT2D eigenvalue weighted by molar-refractivity contribution is -0.131. The molecule has 0 saturated heterocycles. The number of rotatable bonds is 4. The maximum absolute atomic E-state index is 10.6. The fourth-order valence-electron chi connectivity index (χ4n) is 1.26. The van der Waals surface area contributed by atoms with Crippen LogP contribution in [0.25, 0.3) is 0 Å². The maximum Gasteiger partial charge on any atom is 0.240 e. The lowest BCUT2D eigenvalue weighted by Gasteiger charge is -2.12. The number of carbonyl (C=O) groups is 1. The van der Waals surface area contributed by atoms with E-state index in [0.717, 1.165) is 0 Å². The van der Waals surface area contributed by atoms with E-state index in [2.05, 4.69) is 43.6 Å². The Bertz CT molecular complexity index is 319. The second-order valence-electron chi connectivity index (χ2n) is 3.78. The van der Waals surface area contributed by atoms with E-state index in [1.807, 2.05) is 0 Å². The summed E-state index contributed by atoms with van der Waals surface area (Å²) in [6, 6.07) is 8.31. The lowest BCUT2D eigenvalue weighted by Crippen LogP contribution is -2.22. The molecule has 1 amide bonds. The first-order chi connectivity index (χ1) is 7.09. The molecule has 1 aromatic rings. The fraction of sp³-hybridized carbons (Fsp3) is 0.417. The molecule has 1 rings (SSSR count). The van der Waals surface area contributed by atoms with Gasteiger partial charge in [-0.15, -0.1) is 0 Å². The second kappa shape index (κ2) is 5.51. The molecule has 0 aliphatic carbocycles. The molecule has 0 heterocycles. The predicted molar refractivity (Wildman–Crippen MR) is 59.4 cm³/mol. The molecule has 82 valence electrons. The van der Waals surface area contributed by atoms with Gasteiger partial charge in [0.25, 0.3) is 0 Å². The molecule has 0 unspecified atom stereocenters. The van der Waals surface area contributed by atoms with Gasteiger partial charge in [0.2, 0.25) is 5.91 Å². The molecule has 0 fully saturated rings. The second-order valence-corrected chi connectivity index (χ2v) is 3.78. The van der Waals surface area contributed by atoms with Crippen molar-refractivity contribution in [3.05, 3.63) is 35.4 Å². The van der Waals surface area contributed by atoms with Crippen molar-refractivity contribution in [1.82, 2.24) is 5.48 Å². The molecule has 0 spiro atoms. The highest BCUT2D eigenvalue weighted by atomic mass is 16.6. The van der Waals surface area contributed by atoms with Crippen LogP contribution >= 0.6 is 0 Å². The van der Waals surface area contributed by atoms with Crippen molar-refractivity contribution in [2.75, 3.05) is 6.61 Å². The van der Waals surface area contributed by atoms with Gasteiger partial charge in [0, 0.05) is 12.8 Å². The van der Waals surface area contributed by atoms with Gasteiger partial charge in [-0.25, -0.2) is 5.48 Å². The Morgan fingerprint density at radius 2 is 2.00 bits per heavy atom. The number of benzene rings is 1.